The topological polar surface area (TPSA) is 78.9 Å². The summed E-state index contributed by atoms with van der Waals surface area (Å²) in [6.07, 6.45) is 1.59. The van der Waals surface area contributed by atoms with Crippen LogP contribution in [-0.4, -0.2) is 38.9 Å². The summed E-state index contributed by atoms with van der Waals surface area (Å²) < 4.78 is 20.9. The first-order valence-electron chi connectivity index (χ1n) is 7.78. The lowest BCUT2D eigenvalue weighted by molar-refractivity contribution is 0.0519. The average molecular weight is 346 g/mol. The van der Waals surface area contributed by atoms with Crippen molar-refractivity contribution in [3.8, 4) is 17.2 Å². The lowest BCUT2D eigenvalue weighted by Gasteiger charge is -2.14. The first-order valence-corrected chi connectivity index (χ1v) is 7.78. The van der Waals surface area contributed by atoms with Gasteiger partial charge in [-0.15, -0.1) is 0 Å². The third-order valence-electron chi connectivity index (χ3n) is 3.47. The van der Waals surface area contributed by atoms with Crippen molar-refractivity contribution in [3.05, 3.63) is 41.7 Å². The number of nitrogens with one attached hydrogen (secondary N) is 1. The number of hydrogen-bond donors (Lipinski definition) is 1. The Labute approximate surface area is 146 Å². The molecule has 1 aromatic heterocycles. The van der Waals surface area contributed by atoms with Crippen molar-refractivity contribution in [2.75, 3.05) is 33.3 Å². The van der Waals surface area contributed by atoms with Gasteiger partial charge in [-0.05, 0) is 36.8 Å². The maximum atomic E-state index is 11.6. The van der Waals surface area contributed by atoms with Gasteiger partial charge in [0.1, 0.15) is 5.69 Å². The van der Waals surface area contributed by atoms with Crippen LogP contribution in [-0.2, 0) is 11.3 Å². The number of carbonyl (C=O) groups excluding carboxylic acids is 1. The van der Waals surface area contributed by atoms with Crippen LogP contribution < -0.4 is 19.5 Å². The quantitative estimate of drug-likeness (QED) is 0.736. The fourth-order valence-electron chi connectivity index (χ4n) is 2.27. The molecule has 0 aliphatic rings. The molecule has 134 valence electrons. The van der Waals surface area contributed by atoms with Crippen LogP contribution in [0, 0.1) is 0 Å². The summed E-state index contributed by atoms with van der Waals surface area (Å²) >= 11 is 0. The maximum absolute atomic E-state index is 11.6. The van der Waals surface area contributed by atoms with E-state index in [0.717, 1.165) is 11.3 Å². The smallest absolute Gasteiger partial charge is 0.356 e. The number of benzene rings is 1. The summed E-state index contributed by atoms with van der Waals surface area (Å²) in [5, 5.41) is 3.23. The van der Waals surface area contributed by atoms with E-state index in [1.54, 1.807) is 46.6 Å². The molecule has 1 heterocycles. The molecule has 0 fully saturated rings. The van der Waals surface area contributed by atoms with Crippen LogP contribution in [0.4, 0.5) is 5.69 Å². The number of anilines is 1. The molecule has 0 unspecified atom stereocenters. The van der Waals surface area contributed by atoms with Crippen LogP contribution in [0.25, 0.3) is 0 Å². The van der Waals surface area contributed by atoms with Crippen molar-refractivity contribution in [3.63, 3.8) is 0 Å². The first-order chi connectivity index (χ1) is 12.1. The average Bonchev–Trinajstić information content (AvgIpc) is 2.65. The van der Waals surface area contributed by atoms with E-state index in [-0.39, 0.29) is 5.69 Å². The Balaban J connectivity index is 2.09. The zero-order valence-corrected chi connectivity index (χ0v) is 14.8. The van der Waals surface area contributed by atoms with Gasteiger partial charge in [-0.3, -0.25) is 0 Å². The van der Waals surface area contributed by atoms with Crippen molar-refractivity contribution in [2.24, 2.45) is 0 Å². The normalized spacial score (nSPS) is 10.1. The maximum Gasteiger partial charge on any atom is 0.356 e. The molecule has 0 bridgehead atoms. The molecule has 0 spiro atoms. The molecule has 0 amide bonds. The van der Waals surface area contributed by atoms with Gasteiger partial charge in [0.25, 0.3) is 0 Å². The molecule has 0 radical (unpaired) electrons. The van der Waals surface area contributed by atoms with Gasteiger partial charge in [0.15, 0.2) is 11.5 Å². The molecule has 1 N–H and O–H groups in total. The Kier molecular flexibility index (Phi) is 6.45. The second kappa shape index (κ2) is 8.77. The SMILES string of the molecule is CCOC(=O)c1ccc(NCc2cc(OC)c(OC)c(OC)c2)cn1. The van der Waals surface area contributed by atoms with Gasteiger partial charge in [0.05, 0.1) is 39.8 Å². The second-order valence-corrected chi connectivity index (χ2v) is 5.04. The highest BCUT2D eigenvalue weighted by Gasteiger charge is 2.13. The van der Waals surface area contributed by atoms with Gasteiger partial charge >= 0.3 is 5.97 Å². The second-order valence-electron chi connectivity index (χ2n) is 5.04. The van der Waals surface area contributed by atoms with Gasteiger partial charge < -0.3 is 24.3 Å². The predicted molar refractivity (Wildman–Crippen MR) is 93.6 cm³/mol. The van der Waals surface area contributed by atoms with Crippen LogP contribution in [0.1, 0.15) is 23.0 Å². The van der Waals surface area contributed by atoms with Crippen molar-refractivity contribution in [1.82, 2.24) is 4.98 Å². The Morgan fingerprint density at radius 2 is 1.76 bits per heavy atom. The highest BCUT2D eigenvalue weighted by Crippen LogP contribution is 2.38. The number of aromatic nitrogens is 1. The minimum Gasteiger partial charge on any atom is -0.493 e. The van der Waals surface area contributed by atoms with Gasteiger partial charge in [-0.2, -0.15) is 0 Å². The molecular formula is C18H22N2O5. The zero-order chi connectivity index (χ0) is 18.2. The van der Waals surface area contributed by atoms with Gasteiger partial charge in [-0.25, -0.2) is 9.78 Å². The monoisotopic (exact) mass is 346 g/mol. The first kappa shape index (κ1) is 18.4. The van der Waals surface area contributed by atoms with E-state index >= 15 is 0 Å². The van der Waals surface area contributed by atoms with Crippen molar-refractivity contribution >= 4 is 11.7 Å². The number of pyridine rings is 1. The highest BCUT2D eigenvalue weighted by atomic mass is 16.5. The van der Waals surface area contributed by atoms with Gasteiger partial charge in [-0.1, -0.05) is 0 Å². The van der Waals surface area contributed by atoms with E-state index in [9.17, 15) is 4.79 Å². The Morgan fingerprint density at radius 3 is 2.24 bits per heavy atom. The lowest BCUT2D eigenvalue weighted by Crippen LogP contribution is -2.07. The number of rotatable bonds is 8. The summed E-state index contributed by atoms with van der Waals surface area (Å²) in [5.74, 6) is 1.30. The Hall–Kier alpha value is -2.96. The van der Waals surface area contributed by atoms with Crippen molar-refractivity contribution in [1.29, 1.82) is 0 Å². The Bertz CT molecular complexity index is 691. The molecule has 2 rings (SSSR count). The highest BCUT2D eigenvalue weighted by molar-refractivity contribution is 5.87. The van der Waals surface area contributed by atoms with Crippen LogP contribution >= 0.6 is 0 Å². The molecule has 0 saturated heterocycles. The van der Waals surface area contributed by atoms with E-state index < -0.39 is 5.97 Å². The fourth-order valence-corrected chi connectivity index (χ4v) is 2.27. The number of nitrogens with zero attached hydrogens (tertiary/aromatic N) is 1. The van der Waals surface area contributed by atoms with E-state index in [1.807, 2.05) is 12.1 Å². The molecule has 2 aromatic rings. The fraction of sp³-hybridized carbons (Fsp3) is 0.333. The number of carbonyl (C=O) groups is 1. The summed E-state index contributed by atoms with van der Waals surface area (Å²) in [4.78, 5) is 15.7. The minimum atomic E-state index is -0.432. The van der Waals surface area contributed by atoms with E-state index in [0.29, 0.717) is 30.4 Å². The number of methoxy groups -OCH3 is 3. The summed E-state index contributed by atoms with van der Waals surface area (Å²) in [6, 6.07) is 7.14. The van der Waals surface area contributed by atoms with Crippen molar-refractivity contribution < 1.29 is 23.7 Å². The minimum absolute atomic E-state index is 0.278. The van der Waals surface area contributed by atoms with E-state index in [2.05, 4.69) is 10.3 Å². The lowest BCUT2D eigenvalue weighted by atomic mass is 10.1. The predicted octanol–water partition coefficient (Wildman–Crippen LogP) is 2.90. The largest absolute Gasteiger partial charge is 0.493 e. The van der Waals surface area contributed by atoms with Crippen LogP contribution in [0.3, 0.4) is 0 Å². The molecule has 0 aliphatic carbocycles. The van der Waals surface area contributed by atoms with E-state index in [1.165, 1.54) is 0 Å². The van der Waals surface area contributed by atoms with E-state index in [4.69, 9.17) is 18.9 Å². The van der Waals surface area contributed by atoms with Gasteiger partial charge in [0, 0.05) is 6.54 Å². The number of ether oxygens (including phenoxy) is 4. The third-order valence-corrected chi connectivity index (χ3v) is 3.47. The molecule has 25 heavy (non-hydrogen) atoms. The van der Waals surface area contributed by atoms with Crippen LogP contribution in [0.5, 0.6) is 17.2 Å². The summed E-state index contributed by atoms with van der Waals surface area (Å²) in [7, 11) is 4.72. The number of esters is 1. The number of hydrogen-bond acceptors (Lipinski definition) is 7. The molecule has 0 saturated carbocycles. The zero-order valence-electron chi connectivity index (χ0n) is 14.8. The van der Waals surface area contributed by atoms with Crippen molar-refractivity contribution in [2.45, 2.75) is 13.5 Å². The van der Waals surface area contributed by atoms with Gasteiger partial charge in [0.2, 0.25) is 5.75 Å². The molecule has 7 heteroatoms. The summed E-state index contributed by atoms with van der Waals surface area (Å²) in [6.45, 7) is 2.60. The Morgan fingerprint density at radius 1 is 1.08 bits per heavy atom. The molecule has 7 nitrogen and oxygen atoms in total. The van der Waals surface area contributed by atoms with Crippen LogP contribution in [0.2, 0.25) is 0 Å². The molecule has 1 aromatic carbocycles. The standard InChI is InChI=1S/C18H22N2O5/c1-5-25-18(21)14-7-6-13(11-20-14)19-10-12-8-15(22-2)17(24-4)16(9-12)23-3/h6-9,11,19H,5,10H2,1-4H3. The van der Waals surface area contributed by atoms with Crippen LogP contribution in [0.15, 0.2) is 30.5 Å². The molecular weight excluding hydrogens is 324 g/mol. The third kappa shape index (κ3) is 4.53. The summed E-state index contributed by atoms with van der Waals surface area (Å²) in [5.41, 5.74) is 2.01. The molecule has 0 atom stereocenters. The molecule has 0 aliphatic heterocycles.